The molecule has 1 aromatic carbocycles. The molecule has 98 valence electrons. The molecule has 1 aliphatic carbocycles. The lowest BCUT2D eigenvalue weighted by Crippen LogP contribution is -2.15. The third-order valence-corrected chi connectivity index (χ3v) is 4.59. The van der Waals surface area contributed by atoms with Crippen molar-refractivity contribution in [1.29, 1.82) is 0 Å². The van der Waals surface area contributed by atoms with Crippen molar-refractivity contribution in [1.82, 2.24) is 0 Å². The van der Waals surface area contributed by atoms with Crippen LogP contribution in [0.3, 0.4) is 0 Å². The molecule has 1 unspecified atom stereocenters. The summed E-state index contributed by atoms with van der Waals surface area (Å²) in [5, 5.41) is -1.20. The molecule has 18 heavy (non-hydrogen) atoms. The van der Waals surface area contributed by atoms with Crippen molar-refractivity contribution in [3.63, 3.8) is 0 Å². The number of hydrogen-bond acceptors (Lipinski definition) is 4. The van der Waals surface area contributed by atoms with E-state index in [0.29, 0.717) is 17.5 Å². The molecule has 0 aromatic heterocycles. The van der Waals surface area contributed by atoms with E-state index < -0.39 is 25.5 Å². The zero-order chi connectivity index (χ0) is 13.6. The lowest BCUT2D eigenvalue weighted by Gasteiger charge is -2.18. The molecule has 0 bridgehead atoms. The minimum absolute atomic E-state index is 0.300. The Hall–Kier alpha value is -1.22. The number of benzene rings is 1. The predicted molar refractivity (Wildman–Crippen MR) is 63.4 cm³/mol. The Bertz CT molecular complexity index is 715. The maximum atomic E-state index is 11.2. The van der Waals surface area contributed by atoms with Gasteiger partial charge in [-0.05, 0) is 29.7 Å². The highest BCUT2D eigenvalue weighted by molar-refractivity contribution is 7.86. The minimum atomic E-state index is -4.33. The molecule has 0 heterocycles. The predicted octanol–water partition coefficient (Wildman–Crippen LogP) is 0.975. The Balaban J connectivity index is 2.60. The van der Waals surface area contributed by atoms with Gasteiger partial charge in [0.15, 0.2) is 0 Å². The Morgan fingerprint density at radius 3 is 2.33 bits per heavy atom. The first-order valence-corrected chi connectivity index (χ1v) is 7.87. The second-order valence-corrected chi connectivity index (χ2v) is 6.86. The topological polar surface area (TPSA) is 109 Å². The van der Waals surface area contributed by atoms with Gasteiger partial charge in [-0.15, -0.1) is 0 Å². The minimum Gasteiger partial charge on any atom is -0.285 e. The van der Waals surface area contributed by atoms with Crippen LogP contribution in [0.2, 0.25) is 0 Å². The van der Waals surface area contributed by atoms with Crippen LogP contribution in [-0.2, 0) is 26.7 Å². The van der Waals surface area contributed by atoms with Gasteiger partial charge in [0.25, 0.3) is 20.2 Å². The summed E-state index contributed by atoms with van der Waals surface area (Å²) >= 11 is 0. The number of hydrogen-bond donors (Lipinski definition) is 2. The van der Waals surface area contributed by atoms with Gasteiger partial charge in [-0.25, -0.2) is 0 Å². The first kappa shape index (κ1) is 13.2. The summed E-state index contributed by atoms with van der Waals surface area (Å²) in [6, 6.07) is 3.58. The maximum absolute atomic E-state index is 11.2. The zero-order valence-corrected chi connectivity index (χ0v) is 10.6. The van der Waals surface area contributed by atoms with Gasteiger partial charge < -0.3 is 0 Å². The van der Waals surface area contributed by atoms with Crippen LogP contribution in [0.4, 0.5) is 0 Å². The van der Waals surface area contributed by atoms with Crippen LogP contribution >= 0.6 is 0 Å². The number of fused-ring (bicyclic) bond motifs is 1. The third kappa shape index (κ3) is 2.46. The summed E-state index contributed by atoms with van der Waals surface area (Å²) in [6.45, 7) is 0. The second kappa shape index (κ2) is 4.16. The van der Waals surface area contributed by atoms with Gasteiger partial charge >= 0.3 is 0 Å². The molecule has 0 radical (unpaired) electrons. The highest BCUT2D eigenvalue weighted by Crippen LogP contribution is 2.32. The summed E-state index contributed by atoms with van der Waals surface area (Å²) in [6.07, 6.45) is 3.20. The Morgan fingerprint density at radius 1 is 1.11 bits per heavy atom. The van der Waals surface area contributed by atoms with Crippen LogP contribution in [0.15, 0.2) is 35.2 Å². The maximum Gasteiger partial charge on any atom is 0.294 e. The van der Waals surface area contributed by atoms with E-state index in [2.05, 4.69) is 0 Å². The second-order valence-electron chi connectivity index (χ2n) is 3.90. The molecule has 0 saturated carbocycles. The molecule has 1 aromatic rings. The van der Waals surface area contributed by atoms with E-state index in [0.717, 1.165) is 6.07 Å². The molecule has 1 aliphatic rings. The van der Waals surface area contributed by atoms with Crippen molar-refractivity contribution in [2.75, 3.05) is 0 Å². The van der Waals surface area contributed by atoms with E-state index in [1.165, 1.54) is 24.3 Å². The van der Waals surface area contributed by atoms with E-state index in [4.69, 9.17) is 9.11 Å². The van der Waals surface area contributed by atoms with Crippen LogP contribution in [0.5, 0.6) is 0 Å². The number of allylic oxidation sites excluding steroid dienone is 1. The molecule has 0 amide bonds. The Labute approximate surface area is 104 Å². The van der Waals surface area contributed by atoms with Crippen molar-refractivity contribution in [3.8, 4) is 0 Å². The van der Waals surface area contributed by atoms with Crippen LogP contribution in [0.1, 0.15) is 16.4 Å². The van der Waals surface area contributed by atoms with Gasteiger partial charge in [-0.2, -0.15) is 16.8 Å². The van der Waals surface area contributed by atoms with Crippen LogP contribution < -0.4 is 0 Å². The normalized spacial score (nSPS) is 19.6. The summed E-state index contributed by atoms with van der Waals surface area (Å²) in [5.41, 5.74) is 0.752. The largest absolute Gasteiger partial charge is 0.294 e. The zero-order valence-electron chi connectivity index (χ0n) is 9.02. The lowest BCUT2D eigenvalue weighted by molar-refractivity contribution is 0.475. The first-order chi connectivity index (χ1) is 8.19. The van der Waals surface area contributed by atoms with E-state index in [-0.39, 0.29) is 4.90 Å². The van der Waals surface area contributed by atoms with Crippen LogP contribution in [0, 0.1) is 0 Å². The molecule has 2 N–H and O–H groups in total. The fourth-order valence-corrected chi connectivity index (χ4v) is 3.27. The molecule has 0 aliphatic heterocycles. The fraction of sp³-hybridized carbons (Fsp3) is 0.200. The molecule has 6 nitrogen and oxygen atoms in total. The van der Waals surface area contributed by atoms with E-state index >= 15 is 0 Å². The molecule has 1 atom stereocenters. The molecular weight excluding hydrogens is 280 g/mol. The fourth-order valence-electron chi connectivity index (χ4n) is 1.88. The van der Waals surface area contributed by atoms with E-state index in [1.54, 1.807) is 0 Å². The Kier molecular flexibility index (Phi) is 3.06. The van der Waals surface area contributed by atoms with Crippen molar-refractivity contribution >= 4 is 20.2 Å². The van der Waals surface area contributed by atoms with Crippen LogP contribution in [-0.4, -0.2) is 25.9 Å². The third-order valence-electron chi connectivity index (χ3n) is 2.69. The van der Waals surface area contributed by atoms with Gasteiger partial charge in [-0.1, -0.05) is 18.2 Å². The average Bonchev–Trinajstić information content (AvgIpc) is 2.25. The SMILES string of the molecule is O=S(=O)(O)c1ccc2c(c1)CC=CC2S(=O)(=O)O. The molecule has 0 fully saturated rings. The standard InChI is InChI=1S/C10H10O6S2/c11-17(12,13)8-4-5-9-7(6-8)2-1-3-10(9)18(14,15)16/h1,3-6,10H,2H2,(H,11,12,13)(H,14,15,16). The molecule has 8 heteroatoms. The van der Waals surface area contributed by atoms with Gasteiger partial charge in [-0.3, -0.25) is 9.11 Å². The highest BCUT2D eigenvalue weighted by atomic mass is 32.2. The number of rotatable bonds is 2. The molecule has 0 spiro atoms. The molecular formula is C10H10O6S2. The summed E-state index contributed by atoms with van der Waals surface area (Å²) < 4.78 is 62.2. The first-order valence-electron chi connectivity index (χ1n) is 4.93. The van der Waals surface area contributed by atoms with E-state index in [1.807, 2.05) is 0 Å². The van der Waals surface area contributed by atoms with Crippen LogP contribution in [0.25, 0.3) is 0 Å². The average molecular weight is 290 g/mol. The van der Waals surface area contributed by atoms with Crippen molar-refractivity contribution in [2.45, 2.75) is 16.6 Å². The smallest absolute Gasteiger partial charge is 0.285 e. The quantitative estimate of drug-likeness (QED) is 0.620. The van der Waals surface area contributed by atoms with Gasteiger partial charge in [0.05, 0.1) is 4.90 Å². The van der Waals surface area contributed by atoms with Crippen molar-refractivity contribution < 1.29 is 25.9 Å². The lowest BCUT2D eigenvalue weighted by atomic mass is 9.97. The van der Waals surface area contributed by atoms with Gasteiger partial charge in [0.1, 0.15) is 5.25 Å². The summed E-state index contributed by atoms with van der Waals surface area (Å²) in [7, 11) is -8.61. The summed E-state index contributed by atoms with van der Waals surface area (Å²) in [4.78, 5) is -0.300. The van der Waals surface area contributed by atoms with Crippen molar-refractivity contribution in [3.05, 3.63) is 41.5 Å². The molecule has 0 saturated heterocycles. The van der Waals surface area contributed by atoms with Crippen molar-refractivity contribution in [2.24, 2.45) is 0 Å². The molecule has 2 rings (SSSR count). The highest BCUT2D eigenvalue weighted by Gasteiger charge is 2.27. The van der Waals surface area contributed by atoms with Gasteiger partial charge in [0.2, 0.25) is 0 Å². The Morgan fingerprint density at radius 2 is 1.78 bits per heavy atom. The van der Waals surface area contributed by atoms with E-state index in [9.17, 15) is 16.8 Å². The summed E-state index contributed by atoms with van der Waals surface area (Å²) in [5.74, 6) is 0. The van der Waals surface area contributed by atoms with Gasteiger partial charge in [0, 0.05) is 0 Å². The monoisotopic (exact) mass is 290 g/mol.